The smallest absolute Gasteiger partial charge is 0.246 e. The lowest BCUT2D eigenvalue weighted by Gasteiger charge is -2.46. The molecule has 2 atom stereocenters. The second-order valence-corrected chi connectivity index (χ2v) is 9.94. The Hall–Kier alpha value is -3.17. The molecule has 178 valence electrons. The van der Waals surface area contributed by atoms with Gasteiger partial charge in [0.1, 0.15) is 12.1 Å². The summed E-state index contributed by atoms with van der Waals surface area (Å²) in [6, 6.07) is 11.4. The number of carbonyl (C=O) groups excluding carboxylic acids is 3. The lowest BCUT2D eigenvalue weighted by Crippen LogP contribution is -2.63. The number of hydrogen-bond acceptors (Lipinski definition) is 5. The summed E-state index contributed by atoms with van der Waals surface area (Å²) in [5, 5.41) is 11.7. The van der Waals surface area contributed by atoms with E-state index in [1.165, 1.54) is 0 Å². The molecule has 5 rings (SSSR count). The number of piperazine rings is 1. The second-order valence-electron chi connectivity index (χ2n) is 8.96. The Morgan fingerprint density at radius 1 is 1.12 bits per heavy atom. The van der Waals surface area contributed by atoms with Crippen molar-refractivity contribution in [2.24, 2.45) is 0 Å². The number of unbranched alkanes of at least 4 members (excludes halogenated alkanes) is 3. The van der Waals surface area contributed by atoms with Gasteiger partial charge in [-0.15, -0.1) is 11.3 Å². The summed E-state index contributed by atoms with van der Waals surface area (Å²) in [5.41, 5.74) is 4.81. The number of hydrogen-bond donors (Lipinski definition) is 3. The number of aromatic nitrogens is 1. The Balaban J connectivity index is 1.35. The minimum absolute atomic E-state index is 0.0109. The van der Waals surface area contributed by atoms with Crippen LogP contribution >= 0.6 is 11.3 Å². The summed E-state index contributed by atoms with van der Waals surface area (Å²) >= 11 is 1.60. The van der Waals surface area contributed by atoms with E-state index in [1.807, 2.05) is 35.7 Å². The van der Waals surface area contributed by atoms with Crippen LogP contribution in [0.2, 0.25) is 0 Å². The quantitative estimate of drug-likeness (QED) is 0.261. The molecule has 34 heavy (non-hydrogen) atoms. The van der Waals surface area contributed by atoms with Gasteiger partial charge in [0, 0.05) is 40.9 Å². The first kappa shape index (κ1) is 22.6. The molecule has 9 heteroatoms. The van der Waals surface area contributed by atoms with Gasteiger partial charge in [-0.1, -0.05) is 37.1 Å². The van der Waals surface area contributed by atoms with E-state index in [1.54, 1.807) is 26.6 Å². The van der Waals surface area contributed by atoms with Crippen molar-refractivity contribution in [3.05, 3.63) is 57.9 Å². The predicted molar refractivity (Wildman–Crippen MR) is 128 cm³/mol. The van der Waals surface area contributed by atoms with Gasteiger partial charge >= 0.3 is 0 Å². The van der Waals surface area contributed by atoms with E-state index in [0.717, 1.165) is 46.3 Å². The molecule has 8 nitrogen and oxygen atoms in total. The number of nitrogens with one attached hydrogen (secondary N) is 2. The Kier molecular flexibility index (Phi) is 6.38. The molecule has 0 unspecified atom stereocenters. The first-order valence-corrected chi connectivity index (χ1v) is 12.6. The normalized spacial score (nSPS) is 19.9. The van der Waals surface area contributed by atoms with Crippen LogP contribution in [0.15, 0.2) is 41.8 Å². The third kappa shape index (κ3) is 4.10. The average Bonchev–Trinajstić information content (AvgIpc) is 3.51. The SMILES string of the molecule is O=C(CCCCCCN1CC(=O)N2[C@@H](c3cccs3)c3[nH]c4ccccc4c3C[C@H]2C1=O)NO. The van der Waals surface area contributed by atoms with Crippen molar-refractivity contribution >= 4 is 40.0 Å². The molecule has 4 heterocycles. The number of aromatic amines is 1. The number of hydroxylamine groups is 1. The fourth-order valence-electron chi connectivity index (χ4n) is 5.26. The number of fused-ring (bicyclic) bond motifs is 4. The summed E-state index contributed by atoms with van der Waals surface area (Å²) in [6.07, 6.45) is 3.94. The fourth-order valence-corrected chi connectivity index (χ4v) is 6.09. The van der Waals surface area contributed by atoms with E-state index >= 15 is 0 Å². The highest BCUT2D eigenvalue weighted by Crippen LogP contribution is 2.43. The molecular weight excluding hydrogens is 452 g/mol. The van der Waals surface area contributed by atoms with Crippen LogP contribution < -0.4 is 5.48 Å². The third-order valence-corrected chi connectivity index (χ3v) is 7.79. The van der Waals surface area contributed by atoms with Crippen LogP contribution in [0.4, 0.5) is 0 Å². The predicted octanol–water partition coefficient (Wildman–Crippen LogP) is 3.37. The molecule has 2 aliphatic rings. The van der Waals surface area contributed by atoms with Crippen LogP contribution in [0.3, 0.4) is 0 Å². The average molecular weight is 481 g/mol. The monoisotopic (exact) mass is 480 g/mol. The van der Waals surface area contributed by atoms with Crippen LogP contribution in [0.25, 0.3) is 10.9 Å². The molecule has 0 bridgehead atoms. The number of benzene rings is 1. The van der Waals surface area contributed by atoms with Crippen LogP contribution in [-0.2, 0) is 20.8 Å². The highest BCUT2D eigenvalue weighted by Gasteiger charge is 2.48. The molecule has 1 fully saturated rings. The summed E-state index contributed by atoms with van der Waals surface area (Å²) in [7, 11) is 0. The first-order valence-electron chi connectivity index (χ1n) is 11.7. The van der Waals surface area contributed by atoms with Crippen LogP contribution in [0.5, 0.6) is 0 Å². The van der Waals surface area contributed by atoms with Crippen LogP contribution in [0.1, 0.15) is 54.3 Å². The zero-order valence-electron chi connectivity index (χ0n) is 18.8. The zero-order valence-corrected chi connectivity index (χ0v) is 19.6. The van der Waals surface area contributed by atoms with Crippen molar-refractivity contribution < 1.29 is 19.6 Å². The van der Waals surface area contributed by atoms with E-state index < -0.39 is 6.04 Å². The second kappa shape index (κ2) is 9.60. The molecular formula is C25H28N4O4S. The number of para-hydroxylation sites is 1. The highest BCUT2D eigenvalue weighted by molar-refractivity contribution is 7.10. The van der Waals surface area contributed by atoms with Crippen LogP contribution in [-0.4, -0.2) is 56.8 Å². The Bertz CT molecular complexity index is 1200. The van der Waals surface area contributed by atoms with Gasteiger partial charge in [-0.3, -0.25) is 19.6 Å². The first-order chi connectivity index (χ1) is 16.6. The lowest BCUT2D eigenvalue weighted by molar-refractivity contribution is -0.158. The number of rotatable bonds is 8. The van der Waals surface area contributed by atoms with Gasteiger partial charge in [0.05, 0.1) is 6.54 Å². The molecule has 0 aliphatic carbocycles. The van der Waals surface area contributed by atoms with Crippen molar-refractivity contribution in [3.8, 4) is 0 Å². The van der Waals surface area contributed by atoms with Gasteiger partial charge in [0.15, 0.2) is 0 Å². The van der Waals surface area contributed by atoms with Gasteiger partial charge in [-0.25, -0.2) is 5.48 Å². The van der Waals surface area contributed by atoms with E-state index in [-0.39, 0.29) is 36.7 Å². The fraction of sp³-hybridized carbons (Fsp3) is 0.400. The molecule has 1 saturated heterocycles. The molecule has 0 spiro atoms. The zero-order chi connectivity index (χ0) is 23.7. The largest absolute Gasteiger partial charge is 0.356 e. The number of amides is 3. The van der Waals surface area contributed by atoms with Crippen molar-refractivity contribution in [3.63, 3.8) is 0 Å². The molecule has 3 N–H and O–H groups in total. The highest BCUT2D eigenvalue weighted by atomic mass is 32.1. The molecule has 2 aromatic heterocycles. The summed E-state index contributed by atoms with van der Waals surface area (Å²) in [4.78, 5) is 46.2. The summed E-state index contributed by atoms with van der Waals surface area (Å²) in [5.74, 6) is -0.394. The number of H-pyrrole nitrogens is 1. The van der Waals surface area contributed by atoms with Crippen molar-refractivity contribution in [2.75, 3.05) is 13.1 Å². The molecule has 1 aromatic carbocycles. The molecule has 0 saturated carbocycles. The topological polar surface area (TPSA) is 106 Å². The summed E-state index contributed by atoms with van der Waals surface area (Å²) in [6.45, 7) is 0.630. The maximum absolute atomic E-state index is 13.6. The minimum atomic E-state index is -0.506. The van der Waals surface area contributed by atoms with E-state index in [9.17, 15) is 14.4 Å². The molecule has 2 aliphatic heterocycles. The number of thiophene rings is 1. The van der Waals surface area contributed by atoms with Gasteiger partial charge in [0.2, 0.25) is 17.7 Å². The number of carbonyl (C=O) groups is 3. The van der Waals surface area contributed by atoms with E-state index in [4.69, 9.17) is 5.21 Å². The van der Waals surface area contributed by atoms with Gasteiger partial charge in [-0.2, -0.15) is 0 Å². The molecule has 0 radical (unpaired) electrons. The maximum atomic E-state index is 13.6. The summed E-state index contributed by atoms with van der Waals surface area (Å²) < 4.78 is 0. The Morgan fingerprint density at radius 2 is 1.94 bits per heavy atom. The van der Waals surface area contributed by atoms with Crippen LogP contribution in [0, 0.1) is 0 Å². The maximum Gasteiger partial charge on any atom is 0.246 e. The van der Waals surface area contributed by atoms with Crippen molar-refractivity contribution in [2.45, 2.75) is 50.6 Å². The standard InChI is InChI=1S/C25H28N4O4S/c30-21(27-33)11-3-1-2-6-12-28-15-22(31)29-19(25(28)32)14-17-16-8-4-5-9-18(16)26-23(17)24(29)20-10-7-13-34-20/h4-5,7-10,13,19,24,26,33H,1-3,6,11-12,14-15H2,(H,27,30)/t19-,24-/m0/s1. The van der Waals surface area contributed by atoms with E-state index in [0.29, 0.717) is 19.4 Å². The van der Waals surface area contributed by atoms with Gasteiger partial charge in [0.25, 0.3) is 0 Å². The Labute approximate surface area is 201 Å². The molecule has 3 amide bonds. The molecule has 3 aromatic rings. The minimum Gasteiger partial charge on any atom is -0.356 e. The lowest BCUT2D eigenvalue weighted by atomic mass is 9.88. The van der Waals surface area contributed by atoms with Gasteiger partial charge < -0.3 is 14.8 Å². The number of nitrogens with zero attached hydrogens (tertiary/aromatic N) is 2. The third-order valence-electron chi connectivity index (χ3n) is 6.86. The van der Waals surface area contributed by atoms with Crippen molar-refractivity contribution in [1.29, 1.82) is 0 Å². The van der Waals surface area contributed by atoms with E-state index in [2.05, 4.69) is 11.1 Å². The van der Waals surface area contributed by atoms with Gasteiger partial charge in [-0.05, 0) is 35.9 Å². The Morgan fingerprint density at radius 3 is 2.74 bits per heavy atom. The van der Waals surface area contributed by atoms with Crippen molar-refractivity contribution in [1.82, 2.24) is 20.3 Å².